The normalized spacial score (nSPS) is 13.6. The van der Waals surface area contributed by atoms with Crippen molar-refractivity contribution in [3.63, 3.8) is 0 Å². The van der Waals surface area contributed by atoms with Gasteiger partial charge in [-0.15, -0.1) is 0 Å². The Morgan fingerprint density at radius 3 is 2.57 bits per heavy atom. The van der Waals surface area contributed by atoms with E-state index in [2.05, 4.69) is 37.2 Å². The fourth-order valence-electron chi connectivity index (χ4n) is 1.86. The maximum Gasteiger partial charge on any atom is 0.339 e. The molecule has 1 aromatic heterocycles. The summed E-state index contributed by atoms with van der Waals surface area (Å²) in [6.45, 7) is 1.69. The Hall–Kier alpha value is -0.980. The van der Waals surface area contributed by atoms with Crippen molar-refractivity contribution in [2.75, 3.05) is 12.4 Å². The van der Waals surface area contributed by atoms with E-state index < -0.39 is 11.5 Å². The van der Waals surface area contributed by atoms with Crippen molar-refractivity contribution in [1.29, 1.82) is 0 Å². The SMILES string of the molecule is COC(=O)C(C)(Nc1ccc(Cl)c(Br)c1)c1ccc(Br)o1. The summed E-state index contributed by atoms with van der Waals surface area (Å²) in [6.07, 6.45) is 0. The molecule has 1 atom stereocenters. The molecule has 2 rings (SSSR count). The highest BCUT2D eigenvalue weighted by molar-refractivity contribution is 9.10. The lowest BCUT2D eigenvalue weighted by molar-refractivity contribution is -0.146. The summed E-state index contributed by atoms with van der Waals surface area (Å²) in [6, 6.07) is 8.70. The number of methoxy groups -OCH3 is 1. The van der Waals surface area contributed by atoms with Crippen LogP contribution in [0.3, 0.4) is 0 Å². The predicted octanol–water partition coefficient (Wildman–Crippen LogP) is 4.96. The molecule has 0 aliphatic rings. The van der Waals surface area contributed by atoms with Crippen LogP contribution in [0.2, 0.25) is 5.02 Å². The lowest BCUT2D eigenvalue weighted by Gasteiger charge is -2.27. The molecule has 1 unspecified atom stereocenters. The zero-order chi connectivity index (χ0) is 15.6. The van der Waals surface area contributed by atoms with Gasteiger partial charge < -0.3 is 14.5 Å². The molecular weight excluding hydrogens is 425 g/mol. The summed E-state index contributed by atoms with van der Waals surface area (Å²) in [4.78, 5) is 12.2. The molecule has 0 aliphatic carbocycles. The van der Waals surface area contributed by atoms with Gasteiger partial charge in [-0.05, 0) is 69.1 Å². The van der Waals surface area contributed by atoms with Gasteiger partial charge in [-0.2, -0.15) is 0 Å². The Bertz CT molecular complexity index is 674. The molecule has 0 saturated carbocycles. The monoisotopic (exact) mass is 435 g/mol. The highest BCUT2D eigenvalue weighted by Gasteiger charge is 2.39. The van der Waals surface area contributed by atoms with Crippen molar-refractivity contribution in [2.24, 2.45) is 0 Å². The van der Waals surface area contributed by atoms with Crippen LogP contribution in [0.5, 0.6) is 0 Å². The van der Waals surface area contributed by atoms with E-state index >= 15 is 0 Å². The van der Waals surface area contributed by atoms with Crippen LogP contribution in [0.25, 0.3) is 0 Å². The molecule has 0 bridgehead atoms. The number of hydrogen-bond donors (Lipinski definition) is 1. The molecule has 21 heavy (non-hydrogen) atoms. The lowest BCUT2D eigenvalue weighted by atomic mass is 9.98. The van der Waals surface area contributed by atoms with Gasteiger partial charge in [-0.25, -0.2) is 4.79 Å². The Balaban J connectivity index is 2.41. The zero-order valence-corrected chi connectivity index (χ0v) is 15.2. The Morgan fingerprint density at radius 2 is 2.05 bits per heavy atom. The molecule has 1 heterocycles. The van der Waals surface area contributed by atoms with E-state index in [0.29, 0.717) is 21.1 Å². The first-order valence-corrected chi connectivity index (χ1v) is 7.90. The van der Waals surface area contributed by atoms with Gasteiger partial charge in [0.15, 0.2) is 10.2 Å². The van der Waals surface area contributed by atoms with Crippen LogP contribution in [0.1, 0.15) is 12.7 Å². The molecule has 0 aliphatic heterocycles. The number of ether oxygens (including phenoxy) is 1. The van der Waals surface area contributed by atoms with Gasteiger partial charge in [0.05, 0.1) is 12.1 Å². The van der Waals surface area contributed by atoms with Crippen LogP contribution in [-0.4, -0.2) is 13.1 Å². The molecule has 112 valence electrons. The van der Waals surface area contributed by atoms with Gasteiger partial charge in [-0.3, -0.25) is 0 Å². The van der Waals surface area contributed by atoms with Gasteiger partial charge in [0.2, 0.25) is 0 Å². The van der Waals surface area contributed by atoms with Crippen LogP contribution in [0.15, 0.2) is 43.9 Å². The number of halogens is 3. The molecule has 2 aromatic rings. The summed E-state index contributed by atoms with van der Waals surface area (Å²) >= 11 is 12.6. The third-order valence-corrected chi connectivity index (χ3v) is 4.61. The van der Waals surface area contributed by atoms with E-state index in [4.69, 9.17) is 20.8 Å². The Labute approximate surface area is 144 Å². The Morgan fingerprint density at radius 1 is 1.33 bits per heavy atom. The molecule has 0 radical (unpaired) electrons. The second-order valence-corrected chi connectivity index (χ2v) is 6.52. The number of hydrogen-bond acceptors (Lipinski definition) is 4. The number of furan rings is 1. The minimum atomic E-state index is -1.16. The molecule has 0 spiro atoms. The van der Waals surface area contributed by atoms with E-state index in [-0.39, 0.29) is 0 Å². The third kappa shape index (κ3) is 3.44. The summed E-state index contributed by atoms with van der Waals surface area (Å²) in [7, 11) is 1.33. The van der Waals surface area contributed by atoms with E-state index in [1.54, 1.807) is 37.3 Å². The number of anilines is 1. The van der Waals surface area contributed by atoms with Crippen LogP contribution < -0.4 is 5.32 Å². The fraction of sp³-hybridized carbons (Fsp3) is 0.214. The molecule has 0 amide bonds. The molecule has 4 nitrogen and oxygen atoms in total. The predicted molar refractivity (Wildman–Crippen MR) is 88.6 cm³/mol. The van der Waals surface area contributed by atoms with Crippen molar-refractivity contribution in [3.8, 4) is 0 Å². The van der Waals surface area contributed by atoms with Gasteiger partial charge in [0.1, 0.15) is 5.76 Å². The van der Waals surface area contributed by atoms with Crippen molar-refractivity contribution in [1.82, 2.24) is 0 Å². The second-order valence-electron chi connectivity index (χ2n) is 4.47. The van der Waals surface area contributed by atoms with Gasteiger partial charge >= 0.3 is 5.97 Å². The first-order valence-electron chi connectivity index (χ1n) is 5.94. The van der Waals surface area contributed by atoms with Crippen molar-refractivity contribution < 1.29 is 13.9 Å². The largest absolute Gasteiger partial charge is 0.467 e. The quantitative estimate of drug-likeness (QED) is 0.687. The maximum absolute atomic E-state index is 12.2. The van der Waals surface area contributed by atoms with E-state index in [1.807, 2.05) is 0 Å². The number of carbonyl (C=O) groups is 1. The van der Waals surface area contributed by atoms with Gasteiger partial charge in [0.25, 0.3) is 0 Å². The number of rotatable bonds is 4. The number of carbonyl (C=O) groups excluding carboxylic acids is 1. The fourth-order valence-corrected chi connectivity index (χ4v) is 2.67. The van der Waals surface area contributed by atoms with E-state index in [1.165, 1.54) is 7.11 Å². The molecule has 0 saturated heterocycles. The van der Waals surface area contributed by atoms with Crippen LogP contribution >= 0.6 is 43.5 Å². The van der Waals surface area contributed by atoms with E-state index in [9.17, 15) is 4.79 Å². The summed E-state index contributed by atoms with van der Waals surface area (Å²) in [5.74, 6) is -0.0253. The first kappa shape index (κ1) is 16.4. The summed E-state index contributed by atoms with van der Waals surface area (Å²) < 4.78 is 11.7. The Kier molecular flexibility index (Phi) is 5.01. The molecular formula is C14H12Br2ClNO3. The van der Waals surface area contributed by atoms with E-state index in [0.717, 1.165) is 4.47 Å². The zero-order valence-electron chi connectivity index (χ0n) is 11.2. The summed E-state index contributed by atoms with van der Waals surface area (Å²) in [5, 5.41) is 3.71. The van der Waals surface area contributed by atoms with Crippen LogP contribution in [0, 0.1) is 0 Å². The maximum atomic E-state index is 12.2. The minimum Gasteiger partial charge on any atom is -0.467 e. The standard InChI is InChI=1S/C14H12Br2ClNO3/c1-14(13(19)20-2,11-5-6-12(16)21-11)18-8-3-4-10(17)9(15)7-8/h3-7,18H,1-2H3. The molecule has 1 aromatic carbocycles. The van der Waals surface area contributed by atoms with Crippen molar-refractivity contribution in [2.45, 2.75) is 12.5 Å². The minimum absolute atomic E-state index is 0.437. The average Bonchev–Trinajstić information content (AvgIpc) is 2.89. The lowest BCUT2D eigenvalue weighted by Crippen LogP contribution is -2.41. The van der Waals surface area contributed by atoms with Crippen LogP contribution in [0.4, 0.5) is 5.69 Å². The molecule has 0 fully saturated rings. The molecule has 7 heteroatoms. The summed E-state index contributed by atoms with van der Waals surface area (Å²) in [5.41, 5.74) is -0.458. The number of nitrogens with one attached hydrogen (secondary N) is 1. The highest BCUT2D eigenvalue weighted by atomic mass is 79.9. The third-order valence-electron chi connectivity index (χ3n) is 2.97. The highest BCUT2D eigenvalue weighted by Crippen LogP contribution is 2.33. The van der Waals surface area contributed by atoms with Gasteiger partial charge in [-0.1, -0.05) is 11.6 Å². The smallest absolute Gasteiger partial charge is 0.339 e. The second kappa shape index (κ2) is 6.42. The number of esters is 1. The topological polar surface area (TPSA) is 51.5 Å². The van der Waals surface area contributed by atoms with Crippen LogP contribution in [-0.2, 0) is 15.1 Å². The number of benzene rings is 1. The molecule has 1 N–H and O–H groups in total. The average molecular weight is 438 g/mol. The van der Waals surface area contributed by atoms with Gasteiger partial charge in [0, 0.05) is 10.2 Å². The first-order chi connectivity index (χ1) is 9.86. The van der Waals surface area contributed by atoms with Crippen molar-refractivity contribution in [3.05, 3.63) is 50.3 Å². The van der Waals surface area contributed by atoms with Crippen molar-refractivity contribution >= 4 is 55.1 Å².